The largest absolute Gasteiger partial charge is 0.457 e. The van der Waals surface area contributed by atoms with Crippen molar-refractivity contribution in [1.29, 1.82) is 0 Å². The standard InChI is InChI=1S/C47H20F4N2O9S4/c48-21-11-23-25(34(54)36(56)31(23)27(50)13-21)15-29-52-43-40(63-29)33-39(65-43)41-38(42-44(66-41)53-30(64-42)16-26-24-12-22(49)14-28(51)32(24)37(57)35(26)55)62-47(33,45(58)60-17-19-7-3-1-4-8-19)46(59)61-18-20-9-5-2-6-10-20/h1-16H,17-18H2/b25-15-,26-16-. The fourth-order valence-corrected chi connectivity index (χ4v) is 12.8. The van der Waals surface area contributed by atoms with Crippen molar-refractivity contribution in [1.82, 2.24) is 9.97 Å². The number of benzene rings is 4. The molecule has 0 atom stereocenters. The molecule has 0 N–H and O–H groups in total. The number of ketones is 4. The third-order valence-electron chi connectivity index (χ3n) is 10.9. The minimum Gasteiger partial charge on any atom is -0.457 e. The third kappa shape index (κ3) is 6.40. The van der Waals surface area contributed by atoms with E-state index in [1.165, 1.54) is 12.2 Å². The first-order chi connectivity index (χ1) is 31.8. The number of aromatic nitrogens is 2. The van der Waals surface area contributed by atoms with Crippen LogP contribution < -0.4 is 4.74 Å². The molecule has 0 saturated carbocycles. The highest BCUT2D eigenvalue weighted by molar-refractivity contribution is 7.34. The van der Waals surface area contributed by atoms with Gasteiger partial charge in [-0.2, -0.15) is 0 Å². The van der Waals surface area contributed by atoms with Gasteiger partial charge in [0.2, 0.25) is 23.1 Å². The van der Waals surface area contributed by atoms with Crippen molar-refractivity contribution in [2.45, 2.75) is 18.8 Å². The second-order valence-electron chi connectivity index (χ2n) is 14.9. The lowest BCUT2D eigenvalue weighted by Gasteiger charge is -2.33. The number of thiophene rings is 2. The Morgan fingerprint density at radius 2 is 1.05 bits per heavy atom. The first-order valence-corrected chi connectivity index (χ1v) is 22.7. The number of Topliss-reactive ketones (excluding diaryl/α,β-unsaturated/α-hetero) is 4. The number of ether oxygens (including phenoxy) is 3. The van der Waals surface area contributed by atoms with E-state index in [9.17, 15) is 46.3 Å². The van der Waals surface area contributed by atoms with Gasteiger partial charge in [-0.3, -0.25) is 19.2 Å². The molecule has 0 saturated heterocycles. The third-order valence-corrected chi connectivity index (χ3v) is 15.5. The Morgan fingerprint density at radius 3 is 1.55 bits per heavy atom. The maximum absolute atomic E-state index is 15.0. The molecule has 4 aromatic carbocycles. The van der Waals surface area contributed by atoms with Crippen LogP contribution in [0.3, 0.4) is 0 Å². The minimum atomic E-state index is -2.71. The number of halogens is 4. The van der Waals surface area contributed by atoms with E-state index in [1.807, 2.05) is 0 Å². The smallest absolute Gasteiger partial charge is 0.367 e. The van der Waals surface area contributed by atoms with Crippen LogP contribution in [0.1, 0.15) is 58.5 Å². The summed E-state index contributed by atoms with van der Waals surface area (Å²) in [6.07, 6.45) is 2.43. The van der Waals surface area contributed by atoms with Crippen LogP contribution in [0.5, 0.6) is 5.75 Å². The highest BCUT2D eigenvalue weighted by atomic mass is 32.1. The fourth-order valence-electron chi connectivity index (χ4n) is 7.93. The summed E-state index contributed by atoms with van der Waals surface area (Å²) in [5.74, 6) is -11.2. The summed E-state index contributed by atoms with van der Waals surface area (Å²) in [5, 5.41) is 0.203. The van der Waals surface area contributed by atoms with Gasteiger partial charge in [0.05, 0.1) is 31.1 Å². The number of nitrogens with zero attached hydrogens (tertiary/aromatic N) is 2. The van der Waals surface area contributed by atoms with Gasteiger partial charge >= 0.3 is 17.5 Å². The van der Waals surface area contributed by atoms with E-state index >= 15 is 0 Å². The van der Waals surface area contributed by atoms with Gasteiger partial charge in [0.15, 0.2) is 5.75 Å². The molecule has 0 unspecified atom stereocenters. The van der Waals surface area contributed by atoms with Crippen molar-refractivity contribution in [3.63, 3.8) is 0 Å². The highest BCUT2D eigenvalue weighted by Gasteiger charge is 2.60. The van der Waals surface area contributed by atoms with Gasteiger partial charge in [-0.15, -0.1) is 45.3 Å². The first-order valence-electron chi connectivity index (χ1n) is 19.4. The van der Waals surface area contributed by atoms with Gasteiger partial charge in [0.1, 0.15) is 60.9 Å². The number of thiazole rings is 2. The fraction of sp³-hybridized carbons (Fsp3) is 0.0638. The molecule has 8 aromatic rings. The lowest BCUT2D eigenvalue weighted by atomic mass is 9.91. The minimum absolute atomic E-state index is 0.00782. The summed E-state index contributed by atoms with van der Waals surface area (Å²) >= 11 is 4.00. The van der Waals surface area contributed by atoms with E-state index in [4.69, 9.17) is 14.2 Å². The molecule has 0 fully saturated rings. The highest BCUT2D eigenvalue weighted by Crippen LogP contribution is 2.60. The van der Waals surface area contributed by atoms with Crippen LogP contribution in [-0.2, 0) is 47.5 Å². The summed E-state index contributed by atoms with van der Waals surface area (Å²) in [5.41, 5.74) is -3.80. The van der Waals surface area contributed by atoms with Crippen molar-refractivity contribution in [2.75, 3.05) is 0 Å². The Morgan fingerprint density at radius 1 is 0.591 bits per heavy atom. The van der Waals surface area contributed by atoms with Crippen LogP contribution in [0, 0.1) is 23.3 Å². The van der Waals surface area contributed by atoms with Crippen LogP contribution in [0.4, 0.5) is 17.6 Å². The predicted molar refractivity (Wildman–Crippen MR) is 236 cm³/mol. The van der Waals surface area contributed by atoms with E-state index in [0.717, 1.165) is 57.5 Å². The molecule has 0 bridgehead atoms. The first kappa shape index (κ1) is 41.4. The Balaban J connectivity index is 1.09. The van der Waals surface area contributed by atoms with Gasteiger partial charge in [-0.05, 0) is 35.4 Å². The number of carbonyl (C=O) groups excluding carboxylic acids is 6. The number of rotatable bonds is 8. The van der Waals surface area contributed by atoms with Gasteiger partial charge in [0.25, 0.3) is 0 Å². The number of hydrogen-bond donors (Lipinski definition) is 0. The maximum atomic E-state index is 15.0. The van der Waals surface area contributed by atoms with Crippen LogP contribution in [0.2, 0.25) is 0 Å². The lowest BCUT2D eigenvalue weighted by molar-refractivity contribution is -0.183. The summed E-state index contributed by atoms with van der Waals surface area (Å²) in [7, 11) is 0. The second kappa shape index (κ2) is 15.4. The molecular weight excluding hydrogens is 941 g/mol. The van der Waals surface area contributed by atoms with Gasteiger partial charge < -0.3 is 14.2 Å². The second-order valence-corrected chi connectivity index (χ2v) is 19.0. The Bertz CT molecular complexity index is 3530. The van der Waals surface area contributed by atoms with E-state index in [1.54, 1.807) is 60.7 Å². The zero-order chi connectivity index (χ0) is 45.8. The zero-order valence-corrected chi connectivity index (χ0v) is 36.1. The summed E-state index contributed by atoms with van der Waals surface area (Å²) in [6, 6.07) is 20.0. The van der Waals surface area contributed by atoms with Crippen LogP contribution >= 0.6 is 45.3 Å². The van der Waals surface area contributed by atoms with Gasteiger partial charge in [0, 0.05) is 34.4 Å². The molecule has 11 nitrogen and oxygen atoms in total. The van der Waals surface area contributed by atoms with Crippen molar-refractivity contribution in [3.8, 4) is 15.5 Å². The SMILES string of the molecule is O=C1C(=O)c2c(F)cc(F)cc2/C1=C/c1nc2sc3c(c2s1)OC(C(=O)OCc1ccccc1)(C(=O)OCc1ccccc1)c1c-3sc2nc(/C=C3\C(=O)C(=O)c4c(F)cc(F)cc43)sc12. The molecule has 4 aromatic heterocycles. The predicted octanol–water partition coefficient (Wildman–Crippen LogP) is 9.94. The van der Waals surface area contributed by atoms with Crippen LogP contribution in [-0.4, -0.2) is 45.0 Å². The van der Waals surface area contributed by atoms with Crippen molar-refractivity contribution in [3.05, 3.63) is 157 Å². The lowest BCUT2D eigenvalue weighted by Crippen LogP contribution is -2.52. The number of hydrogen-bond acceptors (Lipinski definition) is 15. The molecule has 1 aliphatic heterocycles. The molecule has 66 heavy (non-hydrogen) atoms. The van der Waals surface area contributed by atoms with E-state index < -0.39 is 75.1 Å². The molecule has 19 heteroatoms. The van der Waals surface area contributed by atoms with Crippen molar-refractivity contribution >= 4 is 123 Å². The molecule has 0 spiro atoms. The van der Waals surface area contributed by atoms with Crippen molar-refractivity contribution < 1.29 is 60.5 Å². The molecule has 324 valence electrons. The Hall–Kier alpha value is -7.32. The average molecular weight is 961 g/mol. The summed E-state index contributed by atoms with van der Waals surface area (Å²) in [4.78, 5) is 92.4. The van der Waals surface area contributed by atoms with Crippen LogP contribution in [0.15, 0.2) is 84.9 Å². The zero-order valence-electron chi connectivity index (χ0n) is 32.9. The van der Waals surface area contributed by atoms with Crippen molar-refractivity contribution in [2.24, 2.45) is 0 Å². The molecule has 3 aliphatic rings. The summed E-state index contributed by atoms with van der Waals surface area (Å²) < 4.78 is 77.2. The molecular formula is C47H20F4N2O9S4. The molecule has 0 radical (unpaired) electrons. The normalized spacial score (nSPS) is 15.9. The van der Waals surface area contributed by atoms with E-state index in [-0.39, 0.29) is 66.3 Å². The number of carbonyl (C=O) groups is 6. The Kier molecular flexibility index (Phi) is 9.66. The number of allylic oxidation sites excluding steroid dienone is 2. The molecule has 2 aliphatic carbocycles. The monoisotopic (exact) mass is 960 g/mol. The topological polar surface area (TPSA) is 156 Å². The van der Waals surface area contributed by atoms with E-state index in [0.29, 0.717) is 42.5 Å². The maximum Gasteiger partial charge on any atom is 0.367 e. The Labute approximate surface area is 382 Å². The van der Waals surface area contributed by atoms with E-state index in [2.05, 4.69) is 9.97 Å². The van der Waals surface area contributed by atoms with Gasteiger partial charge in [-0.25, -0.2) is 37.1 Å². The number of esters is 2. The summed E-state index contributed by atoms with van der Waals surface area (Å²) in [6.45, 7) is -0.608. The molecule has 5 heterocycles. The quantitative estimate of drug-likeness (QED) is 0.0470. The average Bonchev–Trinajstić information content (AvgIpc) is 4.13. The molecule has 11 rings (SSSR count). The van der Waals surface area contributed by atoms with Crippen LogP contribution in [0.25, 0.3) is 52.1 Å². The number of fused-ring (bicyclic) bond motifs is 9. The molecule has 0 amide bonds. The van der Waals surface area contributed by atoms with Gasteiger partial charge in [-0.1, -0.05) is 60.7 Å².